The number of amides is 1. The second-order valence-corrected chi connectivity index (χ2v) is 5.62. The lowest BCUT2D eigenvalue weighted by molar-refractivity contribution is -0.112. The summed E-state index contributed by atoms with van der Waals surface area (Å²) in [5.74, 6) is 0.351. The second kappa shape index (κ2) is 8.00. The molecule has 0 atom stereocenters. The number of fused-ring (bicyclic) bond motifs is 1. The van der Waals surface area contributed by atoms with Crippen molar-refractivity contribution in [2.45, 2.75) is 6.92 Å². The molecule has 3 rings (SSSR count). The van der Waals surface area contributed by atoms with Crippen molar-refractivity contribution in [2.24, 2.45) is 0 Å². The Kier molecular flexibility index (Phi) is 5.31. The van der Waals surface area contributed by atoms with Gasteiger partial charge in [0.1, 0.15) is 17.4 Å². The molecule has 0 saturated heterocycles. The van der Waals surface area contributed by atoms with E-state index >= 15 is 0 Å². The van der Waals surface area contributed by atoms with E-state index in [1.165, 1.54) is 0 Å². The van der Waals surface area contributed by atoms with E-state index in [0.29, 0.717) is 12.3 Å². The van der Waals surface area contributed by atoms with Crippen LogP contribution in [0.3, 0.4) is 0 Å². The summed E-state index contributed by atoms with van der Waals surface area (Å²) in [7, 11) is 0. The molecule has 1 N–H and O–H groups in total. The van der Waals surface area contributed by atoms with Gasteiger partial charge < -0.3 is 10.1 Å². The molecule has 4 heteroatoms. The van der Waals surface area contributed by atoms with Crippen molar-refractivity contribution in [3.8, 4) is 11.8 Å². The van der Waals surface area contributed by atoms with Gasteiger partial charge in [-0.15, -0.1) is 0 Å². The van der Waals surface area contributed by atoms with Crippen LogP contribution in [0.25, 0.3) is 16.8 Å². The van der Waals surface area contributed by atoms with E-state index < -0.39 is 5.91 Å². The number of nitrogens with zero attached hydrogens (tertiary/aromatic N) is 1. The first-order chi connectivity index (χ1) is 12.7. The third-order valence-corrected chi connectivity index (χ3v) is 3.91. The molecule has 0 heterocycles. The first-order valence-electron chi connectivity index (χ1n) is 8.35. The van der Waals surface area contributed by atoms with E-state index in [1.54, 1.807) is 18.2 Å². The lowest BCUT2D eigenvalue weighted by Gasteiger charge is -2.10. The molecule has 128 valence electrons. The van der Waals surface area contributed by atoms with Gasteiger partial charge in [-0.1, -0.05) is 48.5 Å². The molecule has 0 bridgehead atoms. The third-order valence-electron chi connectivity index (χ3n) is 3.91. The Morgan fingerprint density at radius 2 is 1.73 bits per heavy atom. The summed E-state index contributed by atoms with van der Waals surface area (Å²) in [6.45, 7) is 2.51. The Labute approximate surface area is 152 Å². The zero-order valence-corrected chi connectivity index (χ0v) is 14.4. The highest BCUT2D eigenvalue weighted by molar-refractivity contribution is 6.11. The highest BCUT2D eigenvalue weighted by atomic mass is 16.5. The molecule has 0 fully saturated rings. The van der Waals surface area contributed by atoms with Crippen molar-refractivity contribution in [1.82, 2.24) is 0 Å². The van der Waals surface area contributed by atoms with Gasteiger partial charge in [-0.2, -0.15) is 5.26 Å². The number of nitrogens with one attached hydrogen (secondary N) is 1. The Hall–Kier alpha value is -3.58. The largest absolute Gasteiger partial charge is 0.493 e. The number of ether oxygens (including phenoxy) is 1. The van der Waals surface area contributed by atoms with Crippen molar-refractivity contribution in [3.05, 3.63) is 77.9 Å². The Balaban J connectivity index is 1.98. The predicted octanol–water partition coefficient (Wildman–Crippen LogP) is 4.78. The molecule has 0 radical (unpaired) electrons. The Morgan fingerprint density at radius 1 is 1.04 bits per heavy atom. The summed E-state index contributed by atoms with van der Waals surface area (Å²) < 4.78 is 5.67. The number of hydrogen-bond acceptors (Lipinski definition) is 3. The molecule has 4 nitrogen and oxygen atoms in total. The minimum atomic E-state index is -0.434. The number of carbonyl (C=O) groups excluding carboxylic acids is 1. The van der Waals surface area contributed by atoms with Crippen LogP contribution in [0.1, 0.15) is 12.5 Å². The van der Waals surface area contributed by atoms with Crippen LogP contribution in [0.5, 0.6) is 5.75 Å². The van der Waals surface area contributed by atoms with Gasteiger partial charge in [0.05, 0.1) is 6.61 Å². The van der Waals surface area contributed by atoms with Gasteiger partial charge in [0.2, 0.25) is 0 Å². The molecule has 3 aromatic carbocycles. The highest BCUT2D eigenvalue weighted by Gasteiger charge is 2.11. The normalized spacial score (nSPS) is 11.0. The molecule has 0 aliphatic carbocycles. The molecule has 0 aromatic heterocycles. The van der Waals surface area contributed by atoms with E-state index in [2.05, 4.69) is 5.32 Å². The zero-order chi connectivity index (χ0) is 18.4. The van der Waals surface area contributed by atoms with Crippen LogP contribution in [0.4, 0.5) is 5.69 Å². The molecule has 0 saturated carbocycles. The van der Waals surface area contributed by atoms with Gasteiger partial charge in [-0.05, 0) is 42.1 Å². The minimum absolute atomic E-state index is 0.0446. The van der Waals surface area contributed by atoms with Gasteiger partial charge in [0.25, 0.3) is 5.91 Å². The number of benzene rings is 3. The van der Waals surface area contributed by atoms with Gasteiger partial charge in [0.15, 0.2) is 0 Å². The molecule has 0 aliphatic heterocycles. The first kappa shape index (κ1) is 17.2. The first-order valence-corrected chi connectivity index (χ1v) is 8.35. The SMILES string of the molecule is CCOc1ccc(/C=C(/C#N)C(=O)Nc2ccccc2)c2ccccc12. The van der Waals surface area contributed by atoms with Crippen LogP contribution in [-0.4, -0.2) is 12.5 Å². The second-order valence-electron chi connectivity index (χ2n) is 5.62. The van der Waals surface area contributed by atoms with Crippen molar-refractivity contribution < 1.29 is 9.53 Å². The summed E-state index contributed by atoms with van der Waals surface area (Å²) in [6.07, 6.45) is 1.61. The number of carbonyl (C=O) groups is 1. The molecule has 3 aromatic rings. The molecular weight excluding hydrogens is 324 g/mol. The fourth-order valence-electron chi connectivity index (χ4n) is 2.73. The Bertz CT molecular complexity index is 1000. The lowest BCUT2D eigenvalue weighted by Crippen LogP contribution is -2.13. The maximum absolute atomic E-state index is 12.4. The van der Waals surface area contributed by atoms with Crippen molar-refractivity contribution in [1.29, 1.82) is 5.26 Å². The summed E-state index contributed by atoms with van der Waals surface area (Å²) in [6, 6.07) is 22.6. The molecule has 0 aliphatic rings. The van der Waals surface area contributed by atoms with Crippen LogP contribution < -0.4 is 10.1 Å². The van der Waals surface area contributed by atoms with E-state index in [9.17, 15) is 10.1 Å². The Morgan fingerprint density at radius 3 is 2.42 bits per heavy atom. The average Bonchev–Trinajstić information content (AvgIpc) is 2.68. The number of nitriles is 1. The fourth-order valence-corrected chi connectivity index (χ4v) is 2.73. The van der Waals surface area contributed by atoms with Crippen LogP contribution >= 0.6 is 0 Å². The van der Waals surface area contributed by atoms with Crippen LogP contribution in [0.2, 0.25) is 0 Å². The quantitative estimate of drug-likeness (QED) is 0.536. The van der Waals surface area contributed by atoms with E-state index in [4.69, 9.17) is 4.74 Å². The maximum atomic E-state index is 12.4. The third kappa shape index (κ3) is 3.73. The zero-order valence-electron chi connectivity index (χ0n) is 14.4. The maximum Gasteiger partial charge on any atom is 0.266 e. The van der Waals surface area contributed by atoms with Crippen molar-refractivity contribution in [2.75, 3.05) is 11.9 Å². The van der Waals surface area contributed by atoms with Gasteiger partial charge in [0, 0.05) is 11.1 Å². The van der Waals surface area contributed by atoms with Crippen molar-refractivity contribution >= 4 is 28.4 Å². The average molecular weight is 342 g/mol. The summed E-state index contributed by atoms with van der Waals surface area (Å²) >= 11 is 0. The number of anilines is 1. The minimum Gasteiger partial charge on any atom is -0.493 e. The lowest BCUT2D eigenvalue weighted by atomic mass is 10.0. The molecule has 1 amide bonds. The molecule has 0 unspecified atom stereocenters. The van der Waals surface area contributed by atoms with Gasteiger partial charge in [-0.3, -0.25) is 4.79 Å². The fraction of sp³-hybridized carbons (Fsp3) is 0.0909. The standard InChI is InChI=1S/C22H18N2O2/c1-2-26-21-13-12-16(19-10-6-7-11-20(19)21)14-17(15-23)22(25)24-18-8-4-3-5-9-18/h3-14H,2H2,1H3,(H,24,25)/b17-14-. The number of rotatable bonds is 5. The monoisotopic (exact) mass is 342 g/mol. The van der Waals surface area contributed by atoms with Crippen molar-refractivity contribution in [3.63, 3.8) is 0 Å². The smallest absolute Gasteiger partial charge is 0.266 e. The van der Waals surface area contributed by atoms with Gasteiger partial charge >= 0.3 is 0 Å². The van der Waals surface area contributed by atoms with E-state index in [1.807, 2.05) is 67.6 Å². The number of para-hydroxylation sites is 1. The molecule has 0 spiro atoms. The summed E-state index contributed by atoms with van der Waals surface area (Å²) in [5.41, 5.74) is 1.49. The van der Waals surface area contributed by atoms with Crippen LogP contribution in [0, 0.1) is 11.3 Å². The number of hydrogen-bond donors (Lipinski definition) is 1. The molecular formula is C22H18N2O2. The highest BCUT2D eigenvalue weighted by Crippen LogP contribution is 2.30. The predicted molar refractivity (Wildman–Crippen MR) is 104 cm³/mol. The van der Waals surface area contributed by atoms with Gasteiger partial charge in [-0.25, -0.2) is 0 Å². The molecule has 26 heavy (non-hydrogen) atoms. The topological polar surface area (TPSA) is 62.1 Å². The van der Waals surface area contributed by atoms with E-state index in [-0.39, 0.29) is 5.57 Å². The van der Waals surface area contributed by atoms with Crippen LogP contribution in [0.15, 0.2) is 72.3 Å². The summed E-state index contributed by atoms with van der Waals surface area (Å²) in [4.78, 5) is 12.4. The van der Waals surface area contributed by atoms with Crippen LogP contribution in [-0.2, 0) is 4.79 Å². The summed E-state index contributed by atoms with van der Waals surface area (Å²) in [5, 5.41) is 14.1. The van der Waals surface area contributed by atoms with E-state index in [0.717, 1.165) is 22.1 Å².